The van der Waals surface area contributed by atoms with Gasteiger partial charge in [0.2, 0.25) is 0 Å². The topological polar surface area (TPSA) is 107 Å². The van der Waals surface area contributed by atoms with Gasteiger partial charge in [-0.2, -0.15) is 0 Å². The molecule has 1 aromatic carbocycles. The van der Waals surface area contributed by atoms with Gasteiger partial charge < -0.3 is 19.9 Å². The molecule has 1 aliphatic rings. The Hall–Kier alpha value is -2.78. The van der Waals surface area contributed by atoms with Crippen molar-refractivity contribution in [3.05, 3.63) is 59.5 Å². The predicted molar refractivity (Wildman–Crippen MR) is 123 cm³/mol. The lowest BCUT2D eigenvalue weighted by molar-refractivity contribution is 0.0522. The van der Waals surface area contributed by atoms with Crippen LogP contribution in [0, 0.1) is 0 Å². The van der Waals surface area contributed by atoms with E-state index in [0.29, 0.717) is 16.8 Å². The summed E-state index contributed by atoms with van der Waals surface area (Å²) in [5.74, 6) is 0.200. The Morgan fingerprint density at radius 1 is 1.28 bits per heavy atom. The number of benzene rings is 1. The van der Waals surface area contributed by atoms with Gasteiger partial charge in [0.05, 0.1) is 31.5 Å². The van der Waals surface area contributed by atoms with Crippen molar-refractivity contribution in [1.82, 2.24) is 9.29 Å². The number of amides is 1. The van der Waals surface area contributed by atoms with Crippen molar-refractivity contribution in [2.45, 2.75) is 51.0 Å². The number of fused-ring (bicyclic) bond motifs is 1. The van der Waals surface area contributed by atoms with E-state index in [2.05, 4.69) is 5.32 Å². The molecule has 0 radical (unpaired) electrons. The van der Waals surface area contributed by atoms with E-state index in [4.69, 9.17) is 9.47 Å². The molecule has 0 bridgehead atoms. The Balaban J connectivity index is 2.11. The summed E-state index contributed by atoms with van der Waals surface area (Å²) in [7, 11) is -2.68. The van der Waals surface area contributed by atoms with Gasteiger partial charge in [-0.15, -0.1) is 0 Å². The molecule has 1 heterocycles. The number of aliphatic hydroxyl groups is 1. The van der Waals surface area contributed by atoms with Crippen molar-refractivity contribution in [3.63, 3.8) is 0 Å². The fourth-order valence-electron chi connectivity index (χ4n) is 3.90. The molecule has 32 heavy (non-hydrogen) atoms. The smallest absolute Gasteiger partial charge is 0.407 e. The number of rotatable bonds is 6. The monoisotopic (exact) mass is 462 g/mol. The number of hydrogen-bond acceptors (Lipinski definition) is 6. The molecule has 9 heteroatoms. The van der Waals surface area contributed by atoms with Gasteiger partial charge in [0.1, 0.15) is 16.1 Å². The Morgan fingerprint density at radius 2 is 1.97 bits per heavy atom. The molecule has 0 fully saturated rings. The van der Waals surface area contributed by atoms with Crippen LogP contribution < -0.4 is 5.32 Å². The highest BCUT2D eigenvalue weighted by Crippen LogP contribution is 2.40. The average molecular weight is 463 g/mol. The summed E-state index contributed by atoms with van der Waals surface area (Å²) >= 11 is 0. The molecule has 1 aliphatic carbocycles. The van der Waals surface area contributed by atoms with E-state index in [1.165, 1.54) is 11.1 Å². The first-order valence-electron chi connectivity index (χ1n) is 10.3. The van der Waals surface area contributed by atoms with Crippen molar-refractivity contribution in [3.8, 4) is 0 Å². The minimum Gasteiger partial charge on any atom is -0.499 e. The van der Waals surface area contributed by atoms with Crippen molar-refractivity contribution in [2.75, 3.05) is 13.7 Å². The van der Waals surface area contributed by atoms with Gasteiger partial charge in [-0.05, 0) is 46.2 Å². The highest BCUT2D eigenvalue weighted by molar-refractivity contribution is 7.91. The van der Waals surface area contributed by atoms with E-state index in [1.807, 2.05) is 12.1 Å². The van der Waals surface area contributed by atoms with Crippen molar-refractivity contribution in [2.24, 2.45) is 0 Å². The normalized spacial score (nSPS) is 19.3. The lowest BCUT2D eigenvalue weighted by atomic mass is 9.94. The third-order valence-corrected chi connectivity index (χ3v) is 7.74. The first-order chi connectivity index (χ1) is 14.9. The number of carbonyl (C=O) groups excluding carboxylic acids is 1. The second-order valence-electron chi connectivity index (χ2n) is 8.87. The number of alkyl carbamates (subject to hydrolysis) is 1. The first kappa shape index (κ1) is 23.9. The molecule has 0 saturated heterocycles. The Bertz CT molecular complexity index is 1190. The molecule has 2 aromatic rings. The van der Waals surface area contributed by atoms with Crippen LogP contribution in [0.1, 0.15) is 39.8 Å². The fourth-order valence-corrected chi connectivity index (χ4v) is 5.91. The molecular formula is C23H30N2O6S. The van der Waals surface area contributed by atoms with Crippen molar-refractivity contribution >= 4 is 27.0 Å². The second kappa shape index (κ2) is 8.63. The highest BCUT2D eigenvalue weighted by atomic mass is 32.2. The first-order valence-corrected chi connectivity index (χ1v) is 11.7. The molecule has 0 aliphatic heterocycles. The molecule has 174 valence electrons. The lowest BCUT2D eigenvalue weighted by Crippen LogP contribution is -2.44. The number of carbonyl (C=O) groups is 1. The Morgan fingerprint density at radius 3 is 2.59 bits per heavy atom. The summed E-state index contributed by atoms with van der Waals surface area (Å²) in [4.78, 5) is 12.2. The van der Waals surface area contributed by atoms with Crippen LogP contribution in [0.15, 0.2) is 53.8 Å². The molecule has 1 unspecified atom stereocenters. The summed E-state index contributed by atoms with van der Waals surface area (Å²) in [6, 6.07) is 8.84. The number of hydrogen-bond donors (Lipinski definition) is 2. The number of ether oxygens (including phenoxy) is 2. The van der Waals surface area contributed by atoms with Crippen LogP contribution >= 0.6 is 0 Å². The molecular weight excluding hydrogens is 432 g/mol. The summed E-state index contributed by atoms with van der Waals surface area (Å²) in [6.07, 6.45) is 2.93. The van der Waals surface area contributed by atoms with Gasteiger partial charge in [0.25, 0.3) is 10.0 Å². The zero-order chi connectivity index (χ0) is 23.7. The zero-order valence-corrected chi connectivity index (χ0v) is 19.8. The summed E-state index contributed by atoms with van der Waals surface area (Å²) in [5, 5.41) is 13.1. The van der Waals surface area contributed by atoms with Crippen molar-refractivity contribution < 1.29 is 27.8 Å². The van der Waals surface area contributed by atoms with Gasteiger partial charge in [-0.1, -0.05) is 30.4 Å². The highest BCUT2D eigenvalue weighted by Gasteiger charge is 2.48. The Labute approximate surface area is 188 Å². The SMILES string of the molecule is COC1=C(CO)C=CCC1(C)S(=O)(=O)n1c(CNC(=O)OC(C)(C)C)cc2ccccc21. The number of allylic oxidation sites excluding steroid dienone is 1. The molecule has 1 aromatic heterocycles. The second-order valence-corrected chi connectivity index (χ2v) is 11.1. The summed E-state index contributed by atoms with van der Waals surface area (Å²) in [6.45, 7) is 6.45. The van der Waals surface area contributed by atoms with Gasteiger partial charge in [0, 0.05) is 11.0 Å². The number of aromatic nitrogens is 1. The van der Waals surface area contributed by atoms with Crippen LogP contribution in [0.3, 0.4) is 0 Å². The van der Waals surface area contributed by atoms with E-state index in [1.54, 1.807) is 58.0 Å². The zero-order valence-electron chi connectivity index (χ0n) is 19.0. The van der Waals surface area contributed by atoms with Crippen LogP contribution in [0.2, 0.25) is 0 Å². The van der Waals surface area contributed by atoms with Gasteiger partial charge in [-0.25, -0.2) is 17.2 Å². The van der Waals surface area contributed by atoms with Crippen molar-refractivity contribution in [1.29, 1.82) is 0 Å². The molecule has 1 amide bonds. The molecule has 0 spiro atoms. The summed E-state index contributed by atoms with van der Waals surface area (Å²) in [5.41, 5.74) is 0.609. The molecule has 3 rings (SSSR count). The van der Waals surface area contributed by atoms with Crippen LogP contribution in [-0.2, 0) is 26.0 Å². The van der Waals surface area contributed by atoms with Crippen LogP contribution in [0.4, 0.5) is 4.79 Å². The number of nitrogens with one attached hydrogen (secondary N) is 1. The molecule has 2 N–H and O–H groups in total. The fraction of sp³-hybridized carbons (Fsp3) is 0.435. The molecule has 0 saturated carbocycles. The maximum atomic E-state index is 14.1. The van der Waals surface area contributed by atoms with E-state index >= 15 is 0 Å². The van der Waals surface area contributed by atoms with Gasteiger partial charge >= 0.3 is 6.09 Å². The average Bonchev–Trinajstić information content (AvgIpc) is 3.09. The van der Waals surface area contributed by atoms with Crippen LogP contribution in [0.5, 0.6) is 0 Å². The van der Waals surface area contributed by atoms with Gasteiger partial charge in [0.15, 0.2) is 0 Å². The van der Waals surface area contributed by atoms with Gasteiger partial charge in [-0.3, -0.25) is 0 Å². The number of nitrogens with zero attached hydrogens (tertiary/aromatic N) is 1. The number of para-hydroxylation sites is 1. The lowest BCUT2D eigenvalue weighted by Gasteiger charge is -2.34. The minimum atomic E-state index is -4.08. The van der Waals surface area contributed by atoms with Crippen LogP contribution in [-0.4, -0.2) is 47.7 Å². The maximum absolute atomic E-state index is 14.1. The maximum Gasteiger partial charge on any atom is 0.407 e. The van der Waals surface area contributed by atoms with E-state index in [0.717, 1.165) is 5.39 Å². The third kappa shape index (κ3) is 4.27. The molecule has 8 nitrogen and oxygen atoms in total. The molecule has 1 atom stereocenters. The number of aliphatic hydroxyl groups excluding tert-OH is 1. The standard InChI is InChI=1S/C23H30N2O6S/c1-22(2,3)31-21(27)24-14-18-13-16-9-6-7-11-19(16)25(18)32(28,29)23(4)12-8-10-17(15-26)20(23)30-5/h6-11,13,26H,12,14-15H2,1-5H3,(H,24,27). The van der Waals surface area contributed by atoms with E-state index in [9.17, 15) is 18.3 Å². The summed E-state index contributed by atoms with van der Waals surface area (Å²) < 4.78 is 38.8. The van der Waals surface area contributed by atoms with Crippen LogP contribution in [0.25, 0.3) is 10.9 Å². The van der Waals surface area contributed by atoms with E-state index < -0.39 is 26.5 Å². The number of methoxy groups -OCH3 is 1. The quantitative estimate of drug-likeness (QED) is 0.681. The predicted octanol–water partition coefficient (Wildman–Crippen LogP) is 3.46. The largest absolute Gasteiger partial charge is 0.499 e. The minimum absolute atomic E-state index is 0.0480. The Kier molecular flexibility index (Phi) is 6.44. The third-order valence-electron chi connectivity index (χ3n) is 5.33. The van der Waals surface area contributed by atoms with E-state index in [-0.39, 0.29) is 25.3 Å².